The zero-order chi connectivity index (χ0) is 22.0. The third-order valence-corrected chi connectivity index (χ3v) is 5.73. The highest BCUT2D eigenvalue weighted by atomic mass is 79.9. The average Bonchev–Trinajstić information content (AvgIpc) is 2.96. The highest BCUT2D eigenvalue weighted by Crippen LogP contribution is 2.40. The molecule has 1 heterocycles. The Morgan fingerprint density at radius 2 is 1.83 bits per heavy atom. The number of aliphatic hydroxyl groups is 1. The number of likely N-dealkylation sites (N-methyl/N-ethyl adjacent to an activating group) is 1. The first kappa shape index (κ1) is 22.1. The van der Waals surface area contributed by atoms with Gasteiger partial charge in [0.1, 0.15) is 11.5 Å². The van der Waals surface area contributed by atoms with Crippen molar-refractivity contribution in [1.82, 2.24) is 9.80 Å². The lowest BCUT2D eigenvalue weighted by Crippen LogP contribution is -2.35. The van der Waals surface area contributed by atoms with E-state index in [1.54, 1.807) is 25.3 Å². The number of aliphatic hydroxyl groups excluding tert-OH is 1. The number of ether oxygens (including phenoxy) is 1. The molecule has 158 valence electrons. The molecule has 1 atom stereocenters. The number of nitrogens with zero attached hydrogens (tertiary/aromatic N) is 2. The number of Topliss-reactive ketones (excluding diaryl/α,β-unsaturated/α-hetero) is 1. The fourth-order valence-corrected chi connectivity index (χ4v) is 3.85. The van der Waals surface area contributed by atoms with Crippen molar-refractivity contribution in [3.8, 4) is 5.75 Å². The first-order chi connectivity index (χ1) is 14.2. The van der Waals surface area contributed by atoms with E-state index in [0.717, 1.165) is 15.6 Å². The van der Waals surface area contributed by atoms with Gasteiger partial charge in [-0.3, -0.25) is 9.59 Å². The molecule has 3 rings (SSSR count). The van der Waals surface area contributed by atoms with Gasteiger partial charge in [0.2, 0.25) is 0 Å². The Morgan fingerprint density at radius 3 is 2.40 bits per heavy atom. The van der Waals surface area contributed by atoms with Crippen LogP contribution in [0.4, 0.5) is 0 Å². The summed E-state index contributed by atoms with van der Waals surface area (Å²) in [5, 5.41) is 11.2. The Balaban J connectivity index is 2.16. The quantitative estimate of drug-likeness (QED) is 0.393. The molecule has 0 saturated carbocycles. The normalized spacial score (nSPS) is 18.3. The summed E-state index contributed by atoms with van der Waals surface area (Å²) in [6.45, 7) is 2.80. The Bertz CT molecular complexity index is 999. The number of aryl methyl sites for hydroxylation is 1. The minimum Gasteiger partial charge on any atom is -0.507 e. The van der Waals surface area contributed by atoms with Crippen molar-refractivity contribution in [3.63, 3.8) is 0 Å². The summed E-state index contributed by atoms with van der Waals surface area (Å²) in [7, 11) is 5.38. The van der Waals surface area contributed by atoms with Gasteiger partial charge in [-0.25, -0.2) is 0 Å². The molecule has 6 nitrogen and oxygen atoms in total. The second kappa shape index (κ2) is 9.02. The molecule has 0 spiro atoms. The minimum absolute atomic E-state index is 0.106. The monoisotopic (exact) mass is 472 g/mol. The highest BCUT2D eigenvalue weighted by Gasteiger charge is 2.46. The number of halogens is 1. The van der Waals surface area contributed by atoms with Crippen LogP contribution in [0.5, 0.6) is 5.75 Å². The maximum Gasteiger partial charge on any atom is 0.295 e. The number of hydrogen-bond donors (Lipinski definition) is 1. The van der Waals surface area contributed by atoms with Gasteiger partial charge in [0.15, 0.2) is 0 Å². The molecule has 1 saturated heterocycles. The van der Waals surface area contributed by atoms with Crippen molar-refractivity contribution in [3.05, 3.63) is 69.2 Å². The molecular weight excluding hydrogens is 448 g/mol. The van der Waals surface area contributed by atoms with Crippen LogP contribution < -0.4 is 4.74 Å². The van der Waals surface area contributed by atoms with E-state index in [9.17, 15) is 14.7 Å². The summed E-state index contributed by atoms with van der Waals surface area (Å²) in [5.41, 5.74) is 2.13. The van der Waals surface area contributed by atoms with E-state index in [2.05, 4.69) is 15.9 Å². The molecule has 2 aromatic carbocycles. The Hall–Kier alpha value is -2.64. The maximum atomic E-state index is 13.0. The Kier molecular flexibility index (Phi) is 6.63. The third kappa shape index (κ3) is 4.27. The standard InChI is InChI=1S/C23H25BrN2O4/c1-14-13-17(30-4)9-10-18(14)21(27)19-20(15-5-7-16(24)8-6-15)26(12-11-25(2)3)23(29)22(19)28/h5-10,13,20,27H,11-12H2,1-4H3/t20-/m0/s1. The number of hydrogen-bond acceptors (Lipinski definition) is 5. The van der Waals surface area contributed by atoms with Crippen LogP contribution in [-0.4, -0.2) is 60.9 Å². The molecule has 1 fully saturated rings. The van der Waals surface area contributed by atoms with Gasteiger partial charge in [0.25, 0.3) is 11.7 Å². The Morgan fingerprint density at radius 1 is 1.17 bits per heavy atom. The van der Waals surface area contributed by atoms with Gasteiger partial charge < -0.3 is 19.6 Å². The van der Waals surface area contributed by atoms with Crippen LogP contribution in [0.2, 0.25) is 0 Å². The number of benzene rings is 2. The van der Waals surface area contributed by atoms with Gasteiger partial charge in [0.05, 0.1) is 18.7 Å². The van der Waals surface area contributed by atoms with Crippen LogP contribution in [0.15, 0.2) is 52.5 Å². The van der Waals surface area contributed by atoms with Crippen LogP contribution in [0.3, 0.4) is 0 Å². The van der Waals surface area contributed by atoms with Gasteiger partial charge in [-0.2, -0.15) is 0 Å². The molecule has 0 aliphatic carbocycles. The van der Waals surface area contributed by atoms with E-state index < -0.39 is 17.7 Å². The Labute approximate surface area is 184 Å². The fraction of sp³-hybridized carbons (Fsp3) is 0.304. The van der Waals surface area contributed by atoms with Gasteiger partial charge in [-0.05, 0) is 62.5 Å². The van der Waals surface area contributed by atoms with Crippen LogP contribution >= 0.6 is 15.9 Å². The van der Waals surface area contributed by atoms with Crippen molar-refractivity contribution in [2.24, 2.45) is 0 Å². The molecule has 30 heavy (non-hydrogen) atoms. The zero-order valence-electron chi connectivity index (χ0n) is 17.5. The zero-order valence-corrected chi connectivity index (χ0v) is 19.1. The van der Waals surface area contributed by atoms with Crippen molar-refractivity contribution >= 4 is 33.4 Å². The first-order valence-corrected chi connectivity index (χ1v) is 10.4. The molecule has 1 N–H and O–H groups in total. The van der Waals surface area contributed by atoms with Crippen LogP contribution in [0.1, 0.15) is 22.7 Å². The lowest BCUT2D eigenvalue weighted by molar-refractivity contribution is -0.140. The van der Waals surface area contributed by atoms with E-state index >= 15 is 0 Å². The number of rotatable bonds is 6. The second-order valence-electron chi connectivity index (χ2n) is 7.53. The van der Waals surface area contributed by atoms with Crippen molar-refractivity contribution < 1.29 is 19.4 Å². The molecule has 0 radical (unpaired) electrons. The first-order valence-electron chi connectivity index (χ1n) is 9.58. The number of ketones is 1. The van der Waals surface area contributed by atoms with Crippen LogP contribution in [0, 0.1) is 6.92 Å². The minimum atomic E-state index is -0.672. The molecule has 0 aromatic heterocycles. The molecule has 1 aliphatic rings. The van der Waals surface area contributed by atoms with E-state index in [1.165, 1.54) is 4.90 Å². The molecule has 1 amide bonds. The highest BCUT2D eigenvalue weighted by molar-refractivity contribution is 9.10. The van der Waals surface area contributed by atoms with Gasteiger partial charge in [0, 0.05) is 23.1 Å². The van der Waals surface area contributed by atoms with E-state index in [4.69, 9.17) is 4.74 Å². The average molecular weight is 473 g/mol. The molecule has 1 aliphatic heterocycles. The third-order valence-electron chi connectivity index (χ3n) is 5.20. The van der Waals surface area contributed by atoms with Crippen molar-refractivity contribution in [1.29, 1.82) is 0 Å². The van der Waals surface area contributed by atoms with Crippen molar-refractivity contribution in [2.75, 3.05) is 34.3 Å². The van der Waals surface area contributed by atoms with E-state index in [-0.39, 0.29) is 11.3 Å². The topological polar surface area (TPSA) is 70.1 Å². The number of carbonyl (C=O) groups excluding carboxylic acids is 2. The second-order valence-corrected chi connectivity index (χ2v) is 8.44. The molecule has 0 unspecified atom stereocenters. The summed E-state index contributed by atoms with van der Waals surface area (Å²) in [6.07, 6.45) is 0. The summed E-state index contributed by atoms with van der Waals surface area (Å²) in [6, 6.07) is 12.0. The fourth-order valence-electron chi connectivity index (χ4n) is 3.58. The largest absolute Gasteiger partial charge is 0.507 e. The van der Waals surface area contributed by atoms with Gasteiger partial charge >= 0.3 is 0 Å². The molecular formula is C23H25BrN2O4. The van der Waals surface area contributed by atoms with Gasteiger partial charge in [-0.15, -0.1) is 0 Å². The van der Waals surface area contributed by atoms with E-state index in [1.807, 2.05) is 50.2 Å². The summed E-state index contributed by atoms with van der Waals surface area (Å²) >= 11 is 3.42. The van der Waals surface area contributed by atoms with Crippen LogP contribution in [0.25, 0.3) is 5.76 Å². The number of carbonyl (C=O) groups is 2. The smallest absolute Gasteiger partial charge is 0.295 e. The summed E-state index contributed by atoms with van der Waals surface area (Å²) in [5.74, 6) is -0.791. The number of likely N-dealkylation sites (tertiary alicyclic amines) is 1. The molecule has 0 bridgehead atoms. The van der Waals surface area contributed by atoms with Crippen LogP contribution in [-0.2, 0) is 9.59 Å². The predicted octanol–water partition coefficient (Wildman–Crippen LogP) is 3.75. The number of methoxy groups -OCH3 is 1. The van der Waals surface area contributed by atoms with Gasteiger partial charge in [-0.1, -0.05) is 28.1 Å². The molecule has 7 heteroatoms. The van der Waals surface area contributed by atoms with E-state index in [0.29, 0.717) is 24.4 Å². The summed E-state index contributed by atoms with van der Waals surface area (Å²) < 4.78 is 6.12. The number of amides is 1. The van der Waals surface area contributed by atoms with Crippen molar-refractivity contribution in [2.45, 2.75) is 13.0 Å². The SMILES string of the molecule is COc1ccc(C(O)=C2C(=O)C(=O)N(CCN(C)C)[C@H]2c2ccc(Br)cc2)c(C)c1. The maximum absolute atomic E-state index is 13.0. The lowest BCUT2D eigenvalue weighted by atomic mass is 9.94. The summed E-state index contributed by atoms with van der Waals surface area (Å²) in [4.78, 5) is 29.4. The predicted molar refractivity (Wildman–Crippen MR) is 119 cm³/mol. The lowest BCUT2D eigenvalue weighted by Gasteiger charge is -2.26. The molecule has 2 aromatic rings.